The van der Waals surface area contributed by atoms with Crippen molar-refractivity contribution in [3.8, 4) is 0 Å². The number of carbonyl (C=O) groups excluding carboxylic acids is 2. The zero-order valence-electron chi connectivity index (χ0n) is 17.4. The van der Waals surface area contributed by atoms with E-state index in [1.807, 2.05) is 0 Å². The van der Waals surface area contributed by atoms with E-state index in [4.69, 9.17) is 58.0 Å². The quantitative estimate of drug-likeness (QED) is 0.312. The number of rotatable bonds is 5. The van der Waals surface area contributed by atoms with Crippen LogP contribution in [0, 0.1) is 18.7 Å². The van der Waals surface area contributed by atoms with Crippen LogP contribution < -0.4 is 10.6 Å². The summed E-state index contributed by atoms with van der Waals surface area (Å²) < 4.78 is 12.1. The summed E-state index contributed by atoms with van der Waals surface area (Å²) in [5, 5.41) is 6.38. The summed E-state index contributed by atoms with van der Waals surface area (Å²) in [6.45, 7) is 1.59. The van der Waals surface area contributed by atoms with Gasteiger partial charge in [0.1, 0.15) is 10.2 Å². The first-order chi connectivity index (χ1) is 16.0. The fourth-order valence-corrected chi connectivity index (χ4v) is 5.31. The van der Waals surface area contributed by atoms with Gasteiger partial charge in [-0.2, -0.15) is 0 Å². The molecule has 1 saturated carbocycles. The number of aryl methyl sites for hydroxylation is 1. The number of alkyl halides is 2. The molecule has 4 nitrogen and oxygen atoms in total. The van der Waals surface area contributed by atoms with E-state index >= 15 is 0 Å². The van der Waals surface area contributed by atoms with Gasteiger partial charge in [0.15, 0.2) is 0 Å². The molecular formula is C24H16Cl5FN2O2. The molecule has 4 rings (SSSR count). The number of benzene rings is 3. The molecule has 0 unspecified atom stereocenters. The highest BCUT2D eigenvalue weighted by Crippen LogP contribution is 2.65. The molecule has 0 radical (unpaired) electrons. The fraction of sp³-hybridized carbons (Fsp3) is 0.167. The summed E-state index contributed by atoms with van der Waals surface area (Å²) in [4.78, 5) is 25.7. The third-order valence-electron chi connectivity index (χ3n) is 5.47. The Labute approximate surface area is 220 Å². The predicted molar refractivity (Wildman–Crippen MR) is 136 cm³/mol. The highest BCUT2D eigenvalue weighted by Gasteiger charge is 2.67. The molecule has 0 aromatic heterocycles. The van der Waals surface area contributed by atoms with Crippen LogP contribution in [-0.2, 0) is 4.79 Å². The van der Waals surface area contributed by atoms with Crippen LogP contribution in [0.25, 0.3) is 0 Å². The molecular weight excluding hydrogens is 545 g/mol. The van der Waals surface area contributed by atoms with E-state index in [0.717, 1.165) is 0 Å². The van der Waals surface area contributed by atoms with Crippen molar-refractivity contribution in [1.29, 1.82) is 0 Å². The standard InChI is InChI=1S/C24H16Cl5FN2O2/c1-11-6-15(3-5-19(11)30)31-22(33)17-10-16(2-4-18(17)27)32-23(34)21-20(24(21,28)29)12-7-13(25)9-14(26)8-12/h2-10,20-21H,1H3,(H,31,33)(H,32,34)/t20-,21+/m1/s1. The summed E-state index contributed by atoms with van der Waals surface area (Å²) in [6, 6.07) is 13.6. The Hall–Kier alpha value is -2.02. The maximum Gasteiger partial charge on any atom is 0.257 e. The minimum absolute atomic E-state index is 0.124. The average Bonchev–Trinajstić information content (AvgIpc) is 3.33. The maximum atomic E-state index is 13.5. The molecule has 3 aromatic rings. The molecule has 2 N–H and O–H groups in total. The van der Waals surface area contributed by atoms with Gasteiger partial charge < -0.3 is 10.6 Å². The van der Waals surface area contributed by atoms with Gasteiger partial charge in [0.05, 0.1) is 16.5 Å². The molecule has 2 amide bonds. The lowest BCUT2D eigenvalue weighted by molar-refractivity contribution is -0.117. The van der Waals surface area contributed by atoms with Crippen molar-refractivity contribution in [1.82, 2.24) is 0 Å². The Bertz CT molecular complexity index is 1290. The number of nitrogens with one attached hydrogen (secondary N) is 2. The lowest BCUT2D eigenvalue weighted by Gasteiger charge is -2.11. The first-order valence-corrected chi connectivity index (χ1v) is 11.9. The van der Waals surface area contributed by atoms with Crippen LogP contribution in [0.4, 0.5) is 15.8 Å². The first-order valence-electron chi connectivity index (χ1n) is 9.99. The van der Waals surface area contributed by atoms with Crippen molar-refractivity contribution in [2.24, 2.45) is 5.92 Å². The molecule has 0 aliphatic heterocycles. The molecule has 1 aliphatic rings. The van der Waals surface area contributed by atoms with E-state index in [9.17, 15) is 14.0 Å². The van der Waals surface area contributed by atoms with E-state index in [2.05, 4.69) is 10.6 Å². The van der Waals surface area contributed by atoms with Crippen LogP contribution in [0.3, 0.4) is 0 Å². The minimum Gasteiger partial charge on any atom is -0.326 e. The van der Waals surface area contributed by atoms with E-state index in [-0.39, 0.29) is 16.4 Å². The van der Waals surface area contributed by atoms with Crippen molar-refractivity contribution in [2.45, 2.75) is 17.2 Å². The SMILES string of the molecule is Cc1cc(NC(=O)c2cc(NC(=O)[C@@H]3[C@@H](c4cc(Cl)cc(Cl)c4)C3(Cl)Cl)ccc2Cl)ccc1F. The lowest BCUT2D eigenvalue weighted by Crippen LogP contribution is -2.18. The topological polar surface area (TPSA) is 58.2 Å². The minimum atomic E-state index is -1.34. The number of hydrogen-bond acceptors (Lipinski definition) is 2. The van der Waals surface area contributed by atoms with Gasteiger partial charge in [-0.15, -0.1) is 23.2 Å². The monoisotopic (exact) mass is 558 g/mol. The molecule has 0 heterocycles. The molecule has 0 saturated heterocycles. The summed E-state index contributed by atoms with van der Waals surface area (Å²) in [7, 11) is 0. The van der Waals surface area contributed by atoms with Gasteiger partial charge >= 0.3 is 0 Å². The highest BCUT2D eigenvalue weighted by atomic mass is 35.5. The Morgan fingerprint density at radius 3 is 2.15 bits per heavy atom. The molecule has 2 atom stereocenters. The van der Waals surface area contributed by atoms with E-state index in [0.29, 0.717) is 32.5 Å². The van der Waals surface area contributed by atoms with Gasteiger partial charge in [0, 0.05) is 27.3 Å². The number of halogens is 6. The maximum absolute atomic E-state index is 13.5. The van der Waals surface area contributed by atoms with Crippen LogP contribution >= 0.6 is 58.0 Å². The normalized spacial score (nSPS) is 18.3. The number of carbonyl (C=O) groups is 2. The van der Waals surface area contributed by atoms with Crippen LogP contribution in [0.1, 0.15) is 27.4 Å². The zero-order chi connectivity index (χ0) is 24.8. The summed E-state index contributed by atoms with van der Waals surface area (Å²) in [5.74, 6) is -2.61. The van der Waals surface area contributed by atoms with Crippen molar-refractivity contribution < 1.29 is 14.0 Å². The van der Waals surface area contributed by atoms with Crippen LogP contribution in [-0.4, -0.2) is 16.1 Å². The second kappa shape index (κ2) is 9.56. The average molecular weight is 561 g/mol. The first kappa shape index (κ1) is 25.1. The van der Waals surface area contributed by atoms with Gasteiger partial charge in [-0.25, -0.2) is 4.39 Å². The highest BCUT2D eigenvalue weighted by molar-refractivity contribution is 6.53. The van der Waals surface area contributed by atoms with Gasteiger partial charge in [-0.1, -0.05) is 34.8 Å². The molecule has 1 aliphatic carbocycles. The van der Waals surface area contributed by atoms with E-state index < -0.39 is 28.0 Å². The smallest absolute Gasteiger partial charge is 0.257 e. The number of anilines is 2. The third kappa shape index (κ3) is 5.14. The predicted octanol–water partition coefficient (Wildman–Crippen LogP) is 7.87. The molecule has 176 valence electrons. The molecule has 0 bridgehead atoms. The van der Waals surface area contributed by atoms with Crippen LogP contribution in [0.15, 0.2) is 54.6 Å². The molecule has 10 heteroatoms. The van der Waals surface area contributed by atoms with Crippen molar-refractivity contribution in [3.05, 3.63) is 92.2 Å². The fourth-order valence-electron chi connectivity index (χ4n) is 3.74. The van der Waals surface area contributed by atoms with Crippen molar-refractivity contribution >= 4 is 81.2 Å². The summed E-state index contributed by atoms with van der Waals surface area (Å²) in [5.41, 5.74) is 1.89. The number of amides is 2. The lowest BCUT2D eigenvalue weighted by atomic mass is 10.1. The van der Waals surface area contributed by atoms with Gasteiger partial charge in [-0.05, 0) is 72.6 Å². The zero-order valence-corrected chi connectivity index (χ0v) is 21.2. The largest absolute Gasteiger partial charge is 0.326 e. The Morgan fingerprint density at radius 2 is 1.50 bits per heavy atom. The van der Waals surface area contributed by atoms with E-state index in [1.54, 1.807) is 31.2 Å². The Balaban J connectivity index is 1.51. The second-order valence-electron chi connectivity index (χ2n) is 7.93. The molecule has 0 spiro atoms. The Morgan fingerprint density at radius 1 is 0.882 bits per heavy atom. The van der Waals surface area contributed by atoms with Crippen LogP contribution in [0.2, 0.25) is 15.1 Å². The Kier molecular flexibility index (Phi) is 7.05. The van der Waals surface area contributed by atoms with Crippen molar-refractivity contribution in [3.63, 3.8) is 0 Å². The molecule has 3 aromatic carbocycles. The third-order valence-corrected chi connectivity index (χ3v) is 7.18. The van der Waals surface area contributed by atoms with Crippen molar-refractivity contribution in [2.75, 3.05) is 10.6 Å². The summed E-state index contributed by atoms with van der Waals surface area (Å²) >= 11 is 31.1. The van der Waals surface area contributed by atoms with Crippen LogP contribution in [0.5, 0.6) is 0 Å². The van der Waals surface area contributed by atoms with Gasteiger partial charge in [0.25, 0.3) is 5.91 Å². The molecule has 34 heavy (non-hydrogen) atoms. The van der Waals surface area contributed by atoms with Gasteiger partial charge in [0.2, 0.25) is 5.91 Å². The summed E-state index contributed by atoms with van der Waals surface area (Å²) in [6.07, 6.45) is 0. The van der Waals surface area contributed by atoms with Gasteiger partial charge in [-0.3, -0.25) is 9.59 Å². The molecule has 1 fully saturated rings. The van der Waals surface area contributed by atoms with E-state index in [1.165, 1.54) is 30.3 Å². The number of hydrogen-bond donors (Lipinski definition) is 2. The second-order valence-corrected chi connectivity index (χ2v) is 10.7.